The molecule has 14 heavy (non-hydrogen) atoms. The van der Waals surface area contributed by atoms with Crippen LogP contribution in [0.5, 0.6) is 0 Å². The fourth-order valence-corrected chi connectivity index (χ4v) is 2.77. The number of aromatic nitrogens is 2. The molecule has 1 aromatic heterocycles. The fraction of sp³-hybridized carbons (Fsp3) is 0.500. The Bertz CT molecular complexity index is 378. The molecule has 0 spiro atoms. The monoisotopic (exact) mass is 263 g/mol. The van der Waals surface area contributed by atoms with Crippen LogP contribution in [-0.4, -0.2) is 28.9 Å². The van der Waals surface area contributed by atoms with Crippen molar-refractivity contribution in [1.82, 2.24) is 10.2 Å². The van der Waals surface area contributed by atoms with Crippen molar-refractivity contribution in [2.24, 2.45) is 0 Å². The molecule has 0 aliphatic heterocycles. The molecule has 6 nitrogen and oxygen atoms in total. The van der Waals surface area contributed by atoms with E-state index in [1.54, 1.807) is 4.72 Å². The van der Waals surface area contributed by atoms with E-state index < -0.39 is 10.3 Å². The number of nitrogens with one attached hydrogen (secondary N) is 1. The van der Waals surface area contributed by atoms with Crippen LogP contribution in [0.1, 0.15) is 6.92 Å². The number of hydrogen-bond donors (Lipinski definition) is 1. The van der Waals surface area contributed by atoms with Crippen LogP contribution >= 0.6 is 23.1 Å². The maximum atomic E-state index is 10.2. The summed E-state index contributed by atoms with van der Waals surface area (Å²) >= 11 is 2.46. The minimum absolute atomic E-state index is 0. The van der Waals surface area contributed by atoms with Crippen LogP contribution in [0.15, 0.2) is 4.34 Å². The maximum Gasteiger partial charge on any atom is 1.00 e. The van der Waals surface area contributed by atoms with Gasteiger partial charge in [-0.3, -0.25) is 4.72 Å². The first-order chi connectivity index (χ1) is 6.01. The molecular weight excluding hydrogens is 257 g/mol. The molecule has 74 valence electrons. The van der Waals surface area contributed by atoms with E-state index in [4.69, 9.17) is 0 Å². The van der Waals surface area contributed by atoms with E-state index in [0.717, 1.165) is 17.1 Å². The second-order valence-corrected chi connectivity index (χ2v) is 5.46. The van der Waals surface area contributed by atoms with Gasteiger partial charge in [0.1, 0.15) is 0 Å². The van der Waals surface area contributed by atoms with Crippen LogP contribution in [0.4, 0.5) is 5.13 Å². The first-order valence-corrected chi connectivity index (χ1v) is 6.42. The summed E-state index contributed by atoms with van der Waals surface area (Å²) in [6.07, 6.45) is 0. The van der Waals surface area contributed by atoms with Gasteiger partial charge >= 0.3 is 29.6 Å². The standard InChI is InChI=1S/C4H7N3O3S3.Na/c1-2-11-4-6-5-3(12-4)7-13(8,9)10;/h2H2,1H3,(H,5,7)(H,8,9,10);/q;+1/p-1. The molecule has 0 amide bonds. The van der Waals surface area contributed by atoms with Gasteiger partial charge in [-0.25, -0.2) is 8.42 Å². The largest absolute Gasteiger partial charge is 1.00 e. The number of hydrogen-bond acceptors (Lipinski definition) is 7. The Kier molecular flexibility index (Phi) is 6.53. The van der Waals surface area contributed by atoms with E-state index in [0.29, 0.717) is 4.34 Å². The first kappa shape index (κ1) is 14.6. The normalized spacial score (nSPS) is 10.7. The van der Waals surface area contributed by atoms with Crippen molar-refractivity contribution in [1.29, 1.82) is 0 Å². The van der Waals surface area contributed by atoms with Gasteiger partial charge in [0.25, 0.3) is 0 Å². The maximum absolute atomic E-state index is 10.2. The van der Waals surface area contributed by atoms with E-state index in [1.165, 1.54) is 11.8 Å². The molecule has 1 N–H and O–H groups in total. The Morgan fingerprint density at radius 2 is 2.21 bits per heavy atom. The van der Waals surface area contributed by atoms with Gasteiger partial charge in [-0.2, -0.15) is 0 Å². The molecule has 0 saturated carbocycles. The predicted molar refractivity (Wildman–Crippen MR) is 49.6 cm³/mol. The van der Waals surface area contributed by atoms with Gasteiger partial charge in [-0.15, -0.1) is 10.2 Å². The zero-order chi connectivity index (χ0) is 9.90. The van der Waals surface area contributed by atoms with Crippen LogP contribution in [0, 0.1) is 0 Å². The van der Waals surface area contributed by atoms with Gasteiger partial charge < -0.3 is 4.55 Å². The molecule has 0 atom stereocenters. The Balaban J connectivity index is 0.00000169. The van der Waals surface area contributed by atoms with Crippen molar-refractivity contribution in [3.8, 4) is 0 Å². The van der Waals surface area contributed by atoms with Crippen LogP contribution in [0.2, 0.25) is 0 Å². The molecule has 0 saturated heterocycles. The summed E-state index contributed by atoms with van der Waals surface area (Å²) in [7, 11) is -4.48. The molecule has 0 aromatic carbocycles. The first-order valence-electron chi connectivity index (χ1n) is 3.21. The Morgan fingerprint density at radius 3 is 2.71 bits per heavy atom. The molecule has 0 aliphatic rings. The van der Waals surface area contributed by atoms with Crippen LogP contribution in [-0.2, 0) is 10.3 Å². The number of nitrogens with zero attached hydrogens (tertiary/aromatic N) is 2. The van der Waals surface area contributed by atoms with Crippen molar-refractivity contribution < 1.29 is 42.5 Å². The van der Waals surface area contributed by atoms with Gasteiger partial charge in [0.05, 0.1) is 0 Å². The van der Waals surface area contributed by atoms with Crippen molar-refractivity contribution in [3.63, 3.8) is 0 Å². The van der Waals surface area contributed by atoms with Gasteiger partial charge in [0, 0.05) is 0 Å². The van der Waals surface area contributed by atoms with Crippen LogP contribution in [0.25, 0.3) is 0 Å². The third kappa shape index (κ3) is 5.49. The molecule has 1 aromatic rings. The number of thioether (sulfide) groups is 1. The number of rotatable bonds is 4. The summed E-state index contributed by atoms with van der Waals surface area (Å²) in [5.41, 5.74) is 0. The minimum atomic E-state index is -4.48. The van der Waals surface area contributed by atoms with E-state index >= 15 is 0 Å². The zero-order valence-electron chi connectivity index (χ0n) is 7.55. The third-order valence-electron chi connectivity index (χ3n) is 0.887. The summed E-state index contributed by atoms with van der Waals surface area (Å²) in [5, 5.41) is 7.14. The van der Waals surface area contributed by atoms with E-state index in [2.05, 4.69) is 10.2 Å². The second-order valence-electron chi connectivity index (χ2n) is 1.86. The molecule has 0 aliphatic carbocycles. The third-order valence-corrected chi connectivity index (χ3v) is 3.31. The van der Waals surface area contributed by atoms with E-state index in [1.807, 2.05) is 6.92 Å². The average molecular weight is 263 g/mol. The summed E-state index contributed by atoms with van der Waals surface area (Å²) in [5.74, 6) is 0.818. The molecule has 10 heteroatoms. The van der Waals surface area contributed by atoms with Crippen LogP contribution in [0.3, 0.4) is 0 Å². The summed E-state index contributed by atoms with van der Waals surface area (Å²) in [4.78, 5) is 0. The smallest absolute Gasteiger partial charge is 0.731 e. The predicted octanol–water partition coefficient (Wildman–Crippen LogP) is -2.47. The topological polar surface area (TPSA) is 95.0 Å². The SMILES string of the molecule is CCSc1nnc(NS(=O)(=O)[O-])s1.[Na+]. The Hall–Kier alpha value is 0.620. The molecule has 0 unspecified atom stereocenters. The van der Waals surface area contributed by atoms with Crippen molar-refractivity contribution in [3.05, 3.63) is 0 Å². The van der Waals surface area contributed by atoms with E-state index in [-0.39, 0.29) is 34.7 Å². The van der Waals surface area contributed by atoms with Crippen molar-refractivity contribution in [2.75, 3.05) is 10.5 Å². The van der Waals surface area contributed by atoms with Gasteiger partial charge in [0.2, 0.25) is 5.13 Å². The quantitative estimate of drug-likeness (QED) is 0.367. The van der Waals surface area contributed by atoms with Crippen molar-refractivity contribution >= 4 is 38.5 Å². The Labute approximate surface area is 112 Å². The van der Waals surface area contributed by atoms with E-state index in [9.17, 15) is 13.0 Å². The summed E-state index contributed by atoms with van der Waals surface area (Å²) < 4.78 is 33.0. The fourth-order valence-electron chi connectivity index (χ4n) is 0.540. The van der Waals surface area contributed by atoms with Crippen molar-refractivity contribution in [2.45, 2.75) is 11.3 Å². The van der Waals surface area contributed by atoms with Gasteiger partial charge in [-0.05, 0) is 5.75 Å². The van der Waals surface area contributed by atoms with Gasteiger partial charge in [-0.1, -0.05) is 30.0 Å². The molecule has 1 rings (SSSR count). The molecule has 0 bridgehead atoms. The average Bonchev–Trinajstić information content (AvgIpc) is 2.33. The summed E-state index contributed by atoms with van der Waals surface area (Å²) in [6.45, 7) is 1.93. The molecule has 1 heterocycles. The second kappa shape index (κ2) is 6.26. The molecule has 0 fully saturated rings. The Morgan fingerprint density at radius 1 is 1.57 bits per heavy atom. The van der Waals surface area contributed by atoms with Gasteiger partial charge in [0.15, 0.2) is 14.6 Å². The van der Waals surface area contributed by atoms with Crippen LogP contribution < -0.4 is 34.3 Å². The molecular formula is C4H6N3NaO3S3. The zero-order valence-corrected chi connectivity index (χ0v) is 12.0. The summed E-state index contributed by atoms with van der Waals surface area (Å²) in [6, 6.07) is 0. The number of anilines is 1. The minimum Gasteiger partial charge on any atom is -0.731 e. The molecule has 0 radical (unpaired) electrons.